The Hall–Kier alpha value is -0.820. The van der Waals surface area contributed by atoms with Crippen LogP contribution in [0.4, 0.5) is 0 Å². The van der Waals surface area contributed by atoms with Crippen molar-refractivity contribution in [2.24, 2.45) is 0 Å². The highest BCUT2D eigenvalue weighted by Gasteiger charge is 2.24. The van der Waals surface area contributed by atoms with Crippen molar-refractivity contribution in [1.82, 2.24) is 5.32 Å². The van der Waals surface area contributed by atoms with Crippen LogP contribution < -0.4 is 5.32 Å². The molecule has 0 spiro atoms. The van der Waals surface area contributed by atoms with Gasteiger partial charge < -0.3 is 5.32 Å². The molecule has 1 nitrogen and oxygen atoms in total. The number of rotatable bonds is 3. The van der Waals surface area contributed by atoms with Crippen molar-refractivity contribution >= 4 is 0 Å². The van der Waals surface area contributed by atoms with E-state index in [0.29, 0.717) is 12.1 Å². The molecule has 2 unspecified atom stereocenters. The van der Waals surface area contributed by atoms with Gasteiger partial charge >= 0.3 is 0 Å². The van der Waals surface area contributed by atoms with Gasteiger partial charge in [-0.15, -0.1) is 0 Å². The first-order chi connectivity index (χ1) is 6.79. The Morgan fingerprint density at radius 1 is 1.29 bits per heavy atom. The molecule has 2 rings (SSSR count). The monoisotopic (exact) mass is 189 g/mol. The summed E-state index contributed by atoms with van der Waals surface area (Å²) >= 11 is 0. The minimum Gasteiger partial charge on any atom is -0.307 e. The summed E-state index contributed by atoms with van der Waals surface area (Å²) in [6.07, 6.45) is 3.72. The molecule has 0 radical (unpaired) electrons. The summed E-state index contributed by atoms with van der Waals surface area (Å²) in [6, 6.07) is 10.4. The van der Waals surface area contributed by atoms with E-state index >= 15 is 0 Å². The zero-order valence-electron chi connectivity index (χ0n) is 9.09. The summed E-state index contributed by atoms with van der Waals surface area (Å²) in [7, 11) is 0. The molecule has 1 aromatic rings. The molecule has 1 heteroatoms. The zero-order chi connectivity index (χ0) is 9.97. The van der Waals surface area contributed by atoms with Crippen LogP contribution >= 0.6 is 0 Å². The second-order valence-electron chi connectivity index (χ2n) is 4.35. The third-order valence-corrected chi connectivity index (χ3v) is 3.00. The van der Waals surface area contributed by atoms with Crippen LogP contribution in [-0.2, 0) is 6.42 Å². The Balaban J connectivity index is 1.99. The Bertz CT molecular complexity index is 283. The minimum atomic E-state index is 0.612. The van der Waals surface area contributed by atoms with Gasteiger partial charge in [0.25, 0.3) is 0 Å². The Morgan fingerprint density at radius 3 is 2.43 bits per heavy atom. The van der Waals surface area contributed by atoms with Gasteiger partial charge in [-0.05, 0) is 30.9 Å². The van der Waals surface area contributed by atoms with Crippen molar-refractivity contribution in [3.63, 3.8) is 0 Å². The van der Waals surface area contributed by atoms with Gasteiger partial charge in [-0.2, -0.15) is 0 Å². The summed E-state index contributed by atoms with van der Waals surface area (Å²) in [5.74, 6) is 0. The molecular weight excluding hydrogens is 170 g/mol. The lowest BCUT2D eigenvalue weighted by atomic mass is 9.91. The fourth-order valence-electron chi connectivity index (χ4n) is 2.11. The number of hydrogen-bond donors (Lipinski definition) is 1. The highest BCUT2D eigenvalue weighted by molar-refractivity contribution is 5.26. The molecule has 76 valence electrons. The molecular formula is C13H19N. The first-order valence-electron chi connectivity index (χ1n) is 5.64. The molecule has 1 N–H and O–H groups in total. The molecule has 1 heterocycles. The molecule has 1 aliphatic heterocycles. The number of nitrogens with one attached hydrogen (secondary N) is 1. The molecule has 1 aliphatic rings. The SMILES string of the molecule is CCCc1ccc(C2CC(C)N2)cc1. The largest absolute Gasteiger partial charge is 0.307 e. The fraction of sp³-hybridized carbons (Fsp3) is 0.538. The Labute approximate surface area is 86.5 Å². The molecule has 14 heavy (non-hydrogen) atoms. The van der Waals surface area contributed by atoms with Crippen molar-refractivity contribution in [1.29, 1.82) is 0 Å². The maximum atomic E-state index is 3.51. The van der Waals surface area contributed by atoms with Gasteiger partial charge in [-0.3, -0.25) is 0 Å². The average Bonchev–Trinajstić information content (AvgIpc) is 2.15. The summed E-state index contributed by atoms with van der Waals surface area (Å²) in [5, 5.41) is 3.51. The predicted molar refractivity (Wildman–Crippen MR) is 60.4 cm³/mol. The summed E-state index contributed by atoms with van der Waals surface area (Å²) < 4.78 is 0. The van der Waals surface area contributed by atoms with E-state index < -0.39 is 0 Å². The lowest BCUT2D eigenvalue weighted by Gasteiger charge is -2.35. The van der Waals surface area contributed by atoms with E-state index in [1.807, 2.05) is 0 Å². The van der Waals surface area contributed by atoms with Gasteiger partial charge in [-0.25, -0.2) is 0 Å². The van der Waals surface area contributed by atoms with E-state index in [4.69, 9.17) is 0 Å². The van der Waals surface area contributed by atoms with Crippen LogP contribution in [0.2, 0.25) is 0 Å². The van der Waals surface area contributed by atoms with E-state index in [0.717, 1.165) is 0 Å². The van der Waals surface area contributed by atoms with E-state index in [1.165, 1.54) is 30.4 Å². The topological polar surface area (TPSA) is 12.0 Å². The van der Waals surface area contributed by atoms with Gasteiger partial charge in [-0.1, -0.05) is 37.6 Å². The van der Waals surface area contributed by atoms with Crippen LogP contribution in [0.5, 0.6) is 0 Å². The van der Waals surface area contributed by atoms with E-state index in [9.17, 15) is 0 Å². The zero-order valence-corrected chi connectivity index (χ0v) is 9.09. The van der Waals surface area contributed by atoms with E-state index in [1.54, 1.807) is 0 Å². The molecule has 0 amide bonds. The third kappa shape index (κ3) is 1.98. The highest BCUT2D eigenvalue weighted by atomic mass is 15.0. The van der Waals surface area contributed by atoms with Crippen LogP contribution in [0.25, 0.3) is 0 Å². The Morgan fingerprint density at radius 2 is 1.93 bits per heavy atom. The van der Waals surface area contributed by atoms with Gasteiger partial charge in [0.05, 0.1) is 0 Å². The van der Waals surface area contributed by atoms with Gasteiger partial charge in [0.1, 0.15) is 0 Å². The lowest BCUT2D eigenvalue weighted by Crippen LogP contribution is -2.43. The van der Waals surface area contributed by atoms with Crippen LogP contribution in [0, 0.1) is 0 Å². The number of hydrogen-bond acceptors (Lipinski definition) is 1. The van der Waals surface area contributed by atoms with Crippen molar-refractivity contribution in [2.45, 2.75) is 45.2 Å². The van der Waals surface area contributed by atoms with E-state index in [2.05, 4.69) is 43.4 Å². The Kier molecular flexibility index (Phi) is 2.87. The molecule has 2 atom stereocenters. The average molecular weight is 189 g/mol. The van der Waals surface area contributed by atoms with Crippen LogP contribution in [0.15, 0.2) is 24.3 Å². The highest BCUT2D eigenvalue weighted by Crippen LogP contribution is 2.27. The van der Waals surface area contributed by atoms with Crippen LogP contribution in [0.1, 0.15) is 43.9 Å². The second-order valence-corrected chi connectivity index (χ2v) is 4.35. The number of aryl methyl sites for hydroxylation is 1. The van der Waals surface area contributed by atoms with E-state index in [-0.39, 0.29) is 0 Å². The summed E-state index contributed by atoms with van der Waals surface area (Å²) in [6.45, 7) is 4.46. The van der Waals surface area contributed by atoms with Crippen LogP contribution in [-0.4, -0.2) is 6.04 Å². The predicted octanol–water partition coefficient (Wildman–Crippen LogP) is 3.06. The first-order valence-corrected chi connectivity index (χ1v) is 5.64. The molecule has 0 bridgehead atoms. The van der Waals surface area contributed by atoms with Crippen molar-refractivity contribution in [3.8, 4) is 0 Å². The molecule has 1 saturated heterocycles. The number of benzene rings is 1. The maximum absolute atomic E-state index is 3.51. The molecule has 1 fully saturated rings. The quantitative estimate of drug-likeness (QED) is 0.770. The van der Waals surface area contributed by atoms with Gasteiger partial charge in [0.15, 0.2) is 0 Å². The standard InChI is InChI=1S/C13H19N/c1-3-4-11-5-7-12(8-6-11)13-9-10(2)14-13/h5-8,10,13-14H,3-4,9H2,1-2H3. The summed E-state index contributed by atoms with van der Waals surface area (Å²) in [5.41, 5.74) is 2.91. The molecule has 0 aromatic heterocycles. The molecule has 1 aromatic carbocycles. The fourth-order valence-corrected chi connectivity index (χ4v) is 2.11. The maximum Gasteiger partial charge on any atom is 0.0337 e. The van der Waals surface area contributed by atoms with Crippen molar-refractivity contribution < 1.29 is 0 Å². The summed E-state index contributed by atoms with van der Waals surface area (Å²) in [4.78, 5) is 0. The van der Waals surface area contributed by atoms with Gasteiger partial charge in [0, 0.05) is 12.1 Å². The van der Waals surface area contributed by atoms with Crippen molar-refractivity contribution in [3.05, 3.63) is 35.4 Å². The third-order valence-electron chi connectivity index (χ3n) is 3.00. The van der Waals surface area contributed by atoms with Gasteiger partial charge in [0.2, 0.25) is 0 Å². The normalized spacial score (nSPS) is 25.9. The first kappa shape index (κ1) is 9.72. The van der Waals surface area contributed by atoms with Crippen LogP contribution in [0.3, 0.4) is 0 Å². The molecule has 0 saturated carbocycles. The minimum absolute atomic E-state index is 0.612. The second kappa shape index (κ2) is 4.14. The smallest absolute Gasteiger partial charge is 0.0337 e. The molecule has 0 aliphatic carbocycles. The lowest BCUT2D eigenvalue weighted by molar-refractivity contribution is 0.288. The van der Waals surface area contributed by atoms with Crippen molar-refractivity contribution in [2.75, 3.05) is 0 Å².